The quantitative estimate of drug-likeness (QED) is 0.878. The van der Waals surface area contributed by atoms with E-state index >= 15 is 0 Å². The third-order valence-corrected chi connectivity index (χ3v) is 4.31. The van der Waals surface area contributed by atoms with Crippen LogP contribution in [-0.2, 0) is 0 Å². The Morgan fingerprint density at radius 3 is 2.17 bits per heavy atom. The molecule has 0 aliphatic rings. The molecule has 0 saturated heterocycles. The summed E-state index contributed by atoms with van der Waals surface area (Å²) in [7, 11) is 0. The van der Waals surface area contributed by atoms with E-state index in [1.54, 1.807) is 0 Å². The van der Waals surface area contributed by atoms with E-state index in [9.17, 15) is 4.79 Å². The normalized spacial score (nSPS) is 11.1. The summed E-state index contributed by atoms with van der Waals surface area (Å²) in [5.74, 6) is 0.409. The van der Waals surface area contributed by atoms with Crippen molar-refractivity contribution in [3.8, 4) is 0 Å². The number of aryl methyl sites for hydroxylation is 4. The molecule has 0 unspecified atom stereocenters. The molecule has 0 saturated carbocycles. The van der Waals surface area contributed by atoms with Crippen LogP contribution >= 0.6 is 0 Å². The maximum absolute atomic E-state index is 12.8. The first-order chi connectivity index (χ1) is 10.9. The molecule has 1 aromatic carbocycles. The molecule has 0 bridgehead atoms. The molecule has 4 nitrogen and oxygen atoms in total. The van der Waals surface area contributed by atoms with Crippen LogP contribution in [0, 0.1) is 27.7 Å². The van der Waals surface area contributed by atoms with Crippen LogP contribution in [0.4, 0.5) is 11.5 Å². The first-order valence-corrected chi connectivity index (χ1v) is 8.32. The predicted molar refractivity (Wildman–Crippen MR) is 96.8 cm³/mol. The van der Waals surface area contributed by atoms with Gasteiger partial charge in [-0.15, -0.1) is 0 Å². The van der Waals surface area contributed by atoms with Crippen LogP contribution in [-0.4, -0.2) is 9.55 Å². The highest BCUT2D eigenvalue weighted by molar-refractivity contribution is 5.64. The number of hydrogen-bond donors (Lipinski definition) is 1. The number of nitrogens with one attached hydrogen (secondary N) is 1. The second-order valence-corrected chi connectivity index (χ2v) is 6.31. The van der Waals surface area contributed by atoms with Crippen molar-refractivity contribution in [1.29, 1.82) is 0 Å². The number of anilines is 2. The van der Waals surface area contributed by atoms with Crippen LogP contribution < -0.4 is 10.9 Å². The molecule has 0 spiro atoms. The average molecular weight is 313 g/mol. The Balaban J connectivity index is 2.51. The molecule has 124 valence electrons. The van der Waals surface area contributed by atoms with Crippen molar-refractivity contribution in [3.63, 3.8) is 0 Å². The van der Waals surface area contributed by atoms with Crippen LogP contribution in [0.15, 0.2) is 23.1 Å². The third kappa shape index (κ3) is 3.63. The Bertz CT molecular complexity index is 735. The topological polar surface area (TPSA) is 46.9 Å². The van der Waals surface area contributed by atoms with E-state index in [0.717, 1.165) is 35.3 Å². The summed E-state index contributed by atoms with van der Waals surface area (Å²) in [5.41, 5.74) is 5.24. The number of benzene rings is 1. The van der Waals surface area contributed by atoms with Crippen molar-refractivity contribution in [3.05, 3.63) is 51.1 Å². The fourth-order valence-electron chi connectivity index (χ4n) is 3.17. The lowest BCUT2D eigenvalue weighted by molar-refractivity contribution is 0.456. The third-order valence-electron chi connectivity index (χ3n) is 4.31. The van der Waals surface area contributed by atoms with Crippen molar-refractivity contribution in [2.45, 2.75) is 60.4 Å². The molecule has 0 fully saturated rings. The van der Waals surface area contributed by atoms with Gasteiger partial charge in [-0.05, 0) is 51.7 Å². The highest BCUT2D eigenvalue weighted by Crippen LogP contribution is 2.24. The van der Waals surface area contributed by atoms with E-state index in [-0.39, 0.29) is 11.6 Å². The van der Waals surface area contributed by atoms with E-state index in [1.807, 2.05) is 17.7 Å². The van der Waals surface area contributed by atoms with Gasteiger partial charge in [-0.3, -0.25) is 4.79 Å². The highest BCUT2D eigenvalue weighted by atomic mass is 16.1. The summed E-state index contributed by atoms with van der Waals surface area (Å²) in [5, 5.41) is 3.28. The first-order valence-electron chi connectivity index (χ1n) is 8.32. The average Bonchev–Trinajstić information content (AvgIpc) is 2.48. The fraction of sp³-hybridized carbons (Fsp3) is 0.474. The van der Waals surface area contributed by atoms with E-state index in [1.165, 1.54) is 5.56 Å². The molecule has 0 amide bonds. The molecule has 2 rings (SSSR count). The van der Waals surface area contributed by atoms with Crippen molar-refractivity contribution in [2.75, 3.05) is 5.32 Å². The molecular formula is C19H27N3O. The lowest BCUT2D eigenvalue weighted by Crippen LogP contribution is -2.27. The largest absolute Gasteiger partial charge is 0.335 e. The molecule has 1 heterocycles. The van der Waals surface area contributed by atoms with Gasteiger partial charge in [0.25, 0.3) is 5.56 Å². The zero-order chi connectivity index (χ0) is 17.1. The number of nitrogens with zero attached hydrogens (tertiary/aromatic N) is 2. The molecule has 1 aromatic heterocycles. The summed E-state index contributed by atoms with van der Waals surface area (Å²) in [6.07, 6.45) is 3.73. The van der Waals surface area contributed by atoms with Gasteiger partial charge in [0.05, 0.1) is 5.69 Å². The molecule has 4 heteroatoms. The van der Waals surface area contributed by atoms with Gasteiger partial charge < -0.3 is 9.88 Å². The summed E-state index contributed by atoms with van der Waals surface area (Å²) >= 11 is 0. The zero-order valence-electron chi connectivity index (χ0n) is 15.0. The van der Waals surface area contributed by atoms with E-state index in [4.69, 9.17) is 0 Å². The van der Waals surface area contributed by atoms with Gasteiger partial charge in [0.1, 0.15) is 0 Å². The SMILES string of the molecule is CCC(CC)n1cc(C)nc(Nc2c(C)cc(C)cc2C)c1=O. The molecule has 0 radical (unpaired) electrons. The summed E-state index contributed by atoms with van der Waals surface area (Å²) in [6.45, 7) is 12.3. The Morgan fingerprint density at radius 1 is 1.09 bits per heavy atom. The molecule has 2 aromatic rings. The van der Waals surface area contributed by atoms with Crippen molar-refractivity contribution in [2.24, 2.45) is 0 Å². The van der Waals surface area contributed by atoms with Crippen molar-refractivity contribution >= 4 is 11.5 Å². The maximum atomic E-state index is 12.8. The Kier molecular flexibility index (Phi) is 5.24. The van der Waals surface area contributed by atoms with Gasteiger partial charge in [0.2, 0.25) is 0 Å². The van der Waals surface area contributed by atoms with Gasteiger partial charge in [-0.2, -0.15) is 0 Å². The molecular weight excluding hydrogens is 286 g/mol. The Hall–Kier alpha value is -2.10. The minimum Gasteiger partial charge on any atom is -0.335 e. The second kappa shape index (κ2) is 6.99. The van der Waals surface area contributed by atoms with E-state index < -0.39 is 0 Å². The van der Waals surface area contributed by atoms with Crippen LogP contribution in [0.3, 0.4) is 0 Å². The fourth-order valence-corrected chi connectivity index (χ4v) is 3.17. The molecule has 1 N–H and O–H groups in total. The Morgan fingerprint density at radius 2 is 1.65 bits per heavy atom. The molecule has 0 atom stereocenters. The van der Waals surface area contributed by atoms with Crippen molar-refractivity contribution < 1.29 is 0 Å². The monoisotopic (exact) mass is 313 g/mol. The van der Waals surface area contributed by atoms with Crippen molar-refractivity contribution in [1.82, 2.24) is 9.55 Å². The van der Waals surface area contributed by atoms with Gasteiger partial charge in [0, 0.05) is 17.9 Å². The van der Waals surface area contributed by atoms with Gasteiger partial charge >= 0.3 is 0 Å². The first kappa shape index (κ1) is 17.3. The van der Waals surface area contributed by atoms with E-state index in [2.05, 4.69) is 57.1 Å². The molecule has 0 aliphatic heterocycles. The lowest BCUT2D eigenvalue weighted by Gasteiger charge is -2.19. The summed E-state index contributed by atoms with van der Waals surface area (Å²) in [4.78, 5) is 17.3. The summed E-state index contributed by atoms with van der Waals surface area (Å²) < 4.78 is 1.82. The van der Waals surface area contributed by atoms with Gasteiger partial charge in [-0.1, -0.05) is 31.5 Å². The van der Waals surface area contributed by atoms with Gasteiger partial charge in [0.15, 0.2) is 5.82 Å². The van der Waals surface area contributed by atoms with Crippen LogP contribution in [0.5, 0.6) is 0 Å². The number of hydrogen-bond acceptors (Lipinski definition) is 3. The molecule has 0 aliphatic carbocycles. The minimum atomic E-state index is -0.0522. The molecule has 23 heavy (non-hydrogen) atoms. The highest BCUT2D eigenvalue weighted by Gasteiger charge is 2.14. The van der Waals surface area contributed by atoms with Crippen LogP contribution in [0.2, 0.25) is 0 Å². The smallest absolute Gasteiger partial charge is 0.293 e. The van der Waals surface area contributed by atoms with Gasteiger partial charge in [-0.25, -0.2) is 4.98 Å². The standard InChI is InChI=1S/C19H27N3O/c1-7-16(8-2)22-11-15(6)20-18(19(22)23)21-17-13(4)9-12(3)10-14(17)5/h9-11,16H,7-8H2,1-6H3,(H,20,21). The number of aromatic nitrogens is 2. The lowest BCUT2D eigenvalue weighted by atomic mass is 10.1. The Labute approximate surface area is 138 Å². The predicted octanol–water partition coefficient (Wildman–Crippen LogP) is 4.58. The zero-order valence-corrected chi connectivity index (χ0v) is 15.0. The summed E-state index contributed by atoms with van der Waals surface area (Å²) in [6, 6.07) is 4.44. The van der Waals surface area contributed by atoms with E-state index in [0.29, 0.717) is 5.82 Å². The van der Waals surface area contributed by atoms with Crippen LogP contribution in [0.25, 0.3) is 0 Å². The van der Waals surface area contributed by atoms with Crippen LogP contribution in [0.1, 0.15) is 55.1 Å². The second-order valence-electron chi connectivity index (χ2n) is 6.31. The minimum absolute atomic E-state index is 0.0522. The number of rotatable bonds is 5. The maximum Gasteiger partial charge on any atom is 0.293 e.